The van der Waals surface area contributed by atoms with E-state index in [0.29, 0.717) is 0 Å². The smallest absolute Gasteiger partial charge is 0.0443 e. The van der Waals surface area contributed by atoms with E-state index in [1.54, 1.807) is 0 Å². The van der Waals surface area contributed by atoms with E-state index in [9.17, 15) is 0 Å². The van der Waals surface area contributed by atoms with Gasteiger partial charge in [0.2, 0.25) is 0 Å². The third kappa shape index (κ3) is 48.0. The zero-order chi connectivity index (χ0) is 37.5. The SMILES string of the molecule is CCCCCCCCCCCCCCCCCCCCCCCCCCC(C)CCCCCCCCCCCCCCCCCCCCCCCC. The monoisotopic (exact) mass is 731 g/mol. The first-order valence-corrected chi connectivity index (χ1v) is 25.8. The molecule has 1 atom stereocenters. The largest absolute Gasteiger partial charge is 0.0654 e. The second-order valence-corrected chi connectivity index (χ2v) is 18.2. The van der Waals surface area contributed by atoms with Crippen molar-refractivity contribution in [1.82, 2.24) is 0 Å². The van der Waals surface area contributed by atoms with Gasteiger partial charge in [0.25, 0.3) is 0 Å². The lowest BCUT2D eigenvalue weighted by Crippen LogP contribution is -1.95. The van der Waals surface area contributed by atoms with Crippen molar-refractivity contribution < 1.29 is 0 Å². The summed E-state index contributed by atoms with van der Waals surface area (Å²) in [5.41, 5.74) is 0. The Morgan fingerprint density at radius 1 is 0.173 bits per heavy atom. The van der Waals surface area contributed by atoms with Crippen LogP contribution in [0.2, 0.25) is 0 Å². The van der Waals surface area contributed by atoms with Crippen LogP contribution in [0, 0.1) is 5.92 Å². The van der Waals surface area contributed by atoms with Crippen LogP contribution in [0.15, 0.2) is 0 Å². The van der Waals surface area contributed by atoms with Crippen LogP contribution in [0.4, 0.5) is 0 Å². The van der Waals surface area contributed by atoms with Crippen LogP contribution in [0.5, 0.6) is 0 Å². The quantitative estimate of drug-likeness (QED) is 0.0547. The summed E-state index contributed by atoms with van der Waals surface area (Å²) >= 11 is 0. The van der Waals surface area contributed by atoms with Crippen LogP contribution in [-0.2, 0) is 0 Å². The van der Waals surface area contributed by atoms with Gasteiger partial charge in [-0.25, -0.2) is 0 Å². The van der Waals surface area contributed by atoms with E-state index in [4.69, 9.17) is 0 Å². The summed E-state index contributed by atoms with van der Waals surface area (Å²) in [5, 5.41) is 0. The highest BCUT2D eigenvalue weighted by molar-refractivity contribution is 4.57. The lowest BCUT2D eigenvalue weighted by Gasteiger charge is -2.11. The van der Waals surface area contributed by atoms with E-state index in [1.807, 2.05) is 0 Å². The number of hydrogen-bond donors (Lipinski definition) is 0. The zero-order valence-corrected chi connectivity index (χ0v) is 37.5. The molecular weight excluding hydrogens is 625 g/mol. The van der Waals surface area contributed by atoms with Gasteiger partial charge in [0, 0.05) is 0 Å². The Bertz CT molecular complexity index is 579. The van der Waals surface area contributed by atoms with Crippen molar-refractivity contribution in [2.45, 2.75) is 329 Å². The molecule has 0 aromatic heterocycles. The second-order valence-electron chi connectivity index (χ2n) is 18.2. The summed E-state index contributed by atoms with van der Waals surface area (Å²) in [4.78, 5) is 0. The molecule has 0 bridgehead atoms. The zero-order valence-electron chi connectivity index (χ0n) is 37.5. The molecule has 0 nitrogen and oxygen atoms in total. The van der Waals surface area contributed by atoms with Crippen LogP contribution in [0.25, 0.3) is 0 Å². The molecular formula is C52H106. The van der Waals surface area contributed by atoms with Crippen LogP contribution >= 0.6 is 0 Å². The summed E-state index contributed by atoms with van der Waals surface area (Å²) in [6.07, 6.45) is 71.2. The topological polar surface area (TPSA) is 0 Å². The molecule has 0 amide bonds. The summed E-state index contributed by atoms with van der Waals surface area (Å²) in [5.74, 6) is 0.963. The Kier molecular flexibility index (Phi) is 49.0. The van der Waals surface area contributed by atoms with Crippen molar-refractivity contribution in [3.63, 3.8) is 0 Å². The van der Waals surface area contributed by atoms with Crippen LogP contribution in [0.1, 0.15) is 329 Å². The molecule has 0 fully saturated rings. The molecule has 0 heterocycles. The van der Waals surface area contributed by atoms with Crippen molar-refractivity contribution in [3.8, 4) is 0 Å². The van der Waals surface area contributed by atoms with Gasteiger partial charge in [0.1, 0.15) is 0 Å². The molecule has 0 saturated carbocycles. The fourth-order valence-electron chi connectivity index (χ4n) is 8.70. The maximum absolute atomic E-state index is 2.52. The van der Waals surface area contributed by atoms with E-state index in [2.05, 4.69) is 20.8 Å². The summed E-state index contributed by atoms with van der Waals surface area (Å²) in [6.45, 7) is 7.15. The first-order valence-electron chi connectivity index (χ1n) is 25.8. The predicted molar refractivity (Wildman–Crippen MR) is 242 cm³/mol. The molecule has 0 heteroatoms. The minimum Gasteiger partial charge on any atom is -0.0654 e. The molecule has 0 saturated heterocycles. The standard InChI is InChI=1S/C52H106/c1-4-6-8-10-12-14-16-18-20-22-24-26-28-29-31-33-35-37-39-41-43-45-47-49-51-52(3)50-48-46-44-42-40-38-36-34-32-30-27-25-23-21-19-17-15-13-11-9-7-5-2/h52H,4-51H2,1-3H3. The molecule has 0 spiro atoms. The summed E-state index contributed by atoms with van der Waals surface area (Å²) < 4.78 is 0. The third-order valence-corrected chi connectivity index (χ3v) is 12.6. The second kappa shape index (κ2) is 49.0. The molecule has 52 heavy (non-hydrogen) atoms. The minimum atomic E-state index is 0.963. The lowest BCUT2D eigenvalue weighted by atomic mass is 9.95. The van der Waals surface area contributed by atoms with E-state index < -0.39 is 0 Å². The van der Waals surface area contributed by atoms with Crippen LogP contribution < -0.4 is 0 Å². The summed E-state index contributed by atoms with van der Waals surface area (Å²) in [7, 11) is 0. The first kappa shape index (κ1) is 52.0. The average molecular weight is 731 g/mol. The molecule has 0 N–H and O–H groups in total. The molecule has 0 aliphatic heterocycles. The van der Waals surface area contributed by atoms with Crippen LogP contribution in [0.3, 0.4) is 0 Å². The van der Waals surface area contributed by atoms with Crippen molar-refractivity contribution in [2.75, 3.05) is 0 Å². The fourth-order valence-corrected chi connectivity index (χ4v) is 8.70. The van der Waals surface area contributed by atoms with Gasteiger partial charge in [-0.15, -0.1) is 0 Å². The maximum atomic E-state index is 2.52. The number of unbranched alkanes of at least 4 members (excludes halogenated alkanes) is 44. The Balaban J connectivity index is 3.14. The molecule has 0 aromatic carbocycles. The van der Waals surface area contributed by atoms with E-state index in [1.165, 1.54) is 308 Å². The Morgan fingerprint density at radius 3 is 0.423 bits per heavy atom. The van der Waals surface area contributed by atoms with Crippen molar-refractivity contribution in [2.24, 2.45) is 5.92 Å². The summed E-state index contributed by atoms with van der Waals surface area (Å²) in [6, 6.07) is 0. The van der Waals surface area contributed by atoms with E-state index in [0.717, 1.165) is 5.92 Å². The Labute approximate surface area is 333 Å². The Hall–Kier alpha value is 0. The average Bonchev–Trinajstić information content (AvgIpc) is 3.15. The lowest BCUT2D eigenvalue weighted by molar-refractivity contribution is 0.429. The normalized spacial score (nSPS) is 12.3. The molecule has 0 radical (unpaired) electrons. The molecule has 0 aromatic rings. The van der Waals surface area contributed by atoms with Gasteiger partial charge in [-0.05, 0) is 5.92 Å². The van der Waals surface area contributed by atoms with Gasteiger partial charge < -0.3 is 0 Å². The molecule has 314 valence electrons. The van der Waals surface area contributed by atoms with Gasteiger partial charge in [-0.2, -0.15) is 0 Å². The molecule has 0 aliphatic carbocycles. The highest BCUT2D eigenvalue weighted by Gasteiger charge is 2.03. The van der Waals surface area contributed by atoms with Gasteiger partial charge in [0.15, 0.2) is 0 Å². The molecule has 1 unspecified atom stereocenters. The van der Waals surface area contributed by atoms with Gasteiger partial charge in [-0.1, -0.05) is 329 Å². The number of rotatable bonds is 48. The maximum Gasteiger partial charge on any atom is -0.0443 e. The van der Waals surface area contributed by atoms with Crippen LogP contribution in [-0.4, -0.2) is 0 Å². The minimum absolute atomic E-state index is 0.963. The Morgan fingerprint density at radius 2 is 0.288 bits per heavy atom. The van der Waals surface area contributed by atoms with Gasteiger partial charge in [-0.3, -0.25) is 0 Å². The van der Waals surface area contributed by atoms with Crippen molar-refractivity contribution in [1.29, 1.82) is 0 Å². The number of hydrogen-bond acceptors (Lipinski definition) is 0. The fraction of sp³-hybridized carbons (Fsp3) is 1.00. The highest BCUT2D eigenvalue weighted by Crippen LogP contribution is 2.20. The molecule has 0 rings (SSSR count). The highest BCUT2D eigenvalue weighted by atomic mass is 14.1. The van der Waals surface area contributed by atoms with E-state index >= 15 is 0 Å². The van der Waals surface area contributed by atoms with Gasteiger partial charge in [0.05, 0.1) is 0 Å². The van der Waals surface area contributed by atoms with Gasteiger partial charge >= 0.3 is 0 Å². The van der Waals surface area contributed by atoms with Crippen molar-refractivity contribution in [3.05, 3.63) is 0 Å². The predicted octanol–water partition coefficient (Wildman–Crippen LogP) is 20.4. The first-order chi connectivity index (χ1) is 25.8. The molecule has 0 aliphatic rings. The van der Waals surface area contributed by atoms with Crippen molar-refractivity contribution >= 4 is 0 Å². The third-order valence-electron chi connectivity index (χ3n) is 12.6. The van der Waals surface area contributed by atoms with E-state index in [-0.39, 0.29) is 0 Å².